The van der Waals surface area contributed by atoms with Gasteiger partial charge in [0.25, 0.3) is 0 Å². The van der Waals surface area contributed by atoms with Gasteiger partial charge in [0.15, 0.2) is 0 Å². The number of carboxylic acid groups (broad SMARTS) is 1. The second-order valence-electron chi connectivity index (χ2n) is 9.80. The maximum atomic E-state index is 12.7. The van der Waals surface area contributed by atoms with Gasteiger partial charge in [-0.2, -0.15) is 0 Å². The third-order valence-electron chi connectivity index (χ3n) is 6.92. The molecule has 41 heavy (non-hydrogen) atoms. The summed E-state index contributed by atoms with van der Waals surface area (Å²) in [4.78, 5) is 38.1. The van der Waals surface area contributed by atoms with Gasteiger partial charge in [-0.15, -0.1) is 0 Å². The Bertz CT molecular complexity index is 1650. The number of morpholine rings is 1. The summed E-state index contributed by atoms with van der Waals surface area (Å²) < 4.78 is 5.48. The summed E-state index contributed by atoms with van der Waals surface area (Å²) in [5, 5.41) is 15.1. The number of aryl methyl sites for hydroxylation is 1. The fourth-order valence-corrected chi connectivity index (χ4v) is 7.37. The molecule has 0 bridgehead atoms. The largest absolute Gasteiger partial charge is 0.465 e. The van der Waals surface area contributed by atoms with E-state index in [1.807, 2.05) is 37.3 Å². The predicted octanol–water partition coefficient (Wildman–Crippen LogP) is 5.62. The van der Waals surface area contributed by atoms with Crippen molar-refractivity contribution in [1.29, 1.82) is 0 Å². The van der Waals surface area contributed by atoms with Crippen LogP contribution in [0.2, 0.25) is 0 Å². The highest BCUT2D eigenvalue weighted by Gasteiger charge is 2.23. The molecule has 1 saturated heterocycles. The van der Waals surface area contributed by atoms with E-state index in [4.69, 9.17) is 4.74 Å². The van der Waals surface area contributed by atoms with Crippen LogP contribution in [0.1, 0.15) is 17.4 Å². The molecule has 11 heteroatoms. The van der Waals surface area contributed by atoms with Crippen LogP contribution >= 0.6 is 23.5 Å². The third-order valence-corrected chi connectivity index (χ3v) is 9.51. The van der Waals surface area contributed by atoms with Crippen molar-refractivity contribution < 1.29 is 14.6 Å². The number of ether oxygens (including phenoxy) is 1. The summed E-state index contributed by atoms with van der Waals surface area (Å²) in [5.41, 5.74) is 5.08. The third kappa shape index (κ3) is 6.22. The fourth-order valence-electron chi connectivity index (χ4n) is 4.96. The van der Waals surface area contributed by atoms with Crippen molar-refractivity contribution >= 4 is 41.0 Å². The number of nitrogens with zero attached hydrogens (tertiary/aromatic N) is 2. The molecule has 2 aliphatic rings. The number of amides is 1. The van der Waals surface area contributed by atoms with Crippen LogP contribution in [0, 0.1) is 6.92 Å². The van der Waals surface area contributed by atoms with Crippen molar-refractivity contribution in [1.82, 2.24) is 15.3 Å². The minimum absolute atomic E-state index is 0.124. The normalized spacial score (nSPS) is 15.0. The number of hydrogen-bond acceptors (Lipinski definition) is 8. The molecule has 0 saturated carbocycles. The highest BCUT2D eigenvalue weighted by atomic mass is 32.2. The van der Waals surface area contributed by atoms with Crippen LogP contribution in [0.25, 0.3) is 11.3 Å². The zero-order chi connectivity index (χ0) is 28.3. The Morgan fingerprint density at radius 3 is 2.68 bits per heavy atom. The maximum Gasteiger partial charge on any atom is 0.404 e. The second kappa shape index (κ2) is 11.9. The first-order valence-electron chi connectivity index (χ1n) is 13.3. The van der Waals surface area contributed by atoms with E-state index < -0.39 is 6.09 Å². The van der Waals surface area contributed by atoms with Crippen molar-refractivity contribution in [3.05, 3.63) is 88.5 Å². The van der Waals surface area contributed by atoms with Gasteiger partial charge in [0.05, 0.1) is 30.6 Å². The van der Waals surface area contributed by atoms with Gasteiger partial charge in [0.1, 0.15) is 0 Å². The topological polar surface area (TPSA) is 120 Å². The quantitative estimate of drug-likeness (QED) is 0.192. The van der Waals surface area contributed by atoms with Gasteiger partial charge in [-0.1, -0.05) is 41.7 Å². The Morgan fingerprint density at radius 2 is 1.88 bits per heavy atom. The number of pyridine rings is 2. The standard InChI is InChI=1S/C30H29N5O4S2/c1-18-4-2-6-22(32-18)24(17-31-30(37)38)33-19-8-9-25-27(14-19)40-26-7-3-5-21(29(26)41-25)23-15-20(16-28(36)34-23)35-10-12-39-13-11-35/h2-9,14-16,24,31,33H,10-13,17H2,1H3,(H,34,36)(H,37,38). The average Bonchev–Trinajstić information content (AvgIpc) is 2.98. The Balaban J connectivity index is 1.27. The van der Waals surface area contributed by atoms with Gasteiger partial charge in [0.2, 0.25) is 5.56 Å². The second-order valence-corrected chi connectivity index (χ2v) is 11.9. The molecule has 6 rings (SSSR count). The van der Waals surface area contributed by atoms with Crippen molar-refractivity contribution in [3.63, 3.8) is 0 Å². The molecule has 1 fully saturated rings. The Kier molecular flexibility index (Phi) is 7.91. The van der Waals surface area contributed by atoms with E-state index in [9.17, 15) is 14.7 Å². The van der Waals surface area contributed by atoms with Gasteiger partial charge in [0, 0.05) is 67.9 Å². The van der Waals surface area contributed by atoms with Crippen LogP contribution in [0.5, 0.6) is 0 Å². The Labute approximate surface area is 245 Å². The number of carbonyl (C=O) groups is 1. The molecule has 210 valence electrons. The summed E-state index contributed by atoms with van der Waals surface area (Å²) in [6.45, 7) is 4.92. The first-order valence-corrected chi connectivity index (χ1v) is 14.9. The molecule has 4 heterocycles. The van der Waals surface area contributed by atoms with Gasteiger partial charge in [-0.3, -0.25) is 9.78 Å². The van der Waals surface area contributed by atoms with Crippen LogP contribution < -0.4 is 21.1 Å². The number of aromatic amines is 1. The summed E-state index contributed by atoms with van der Waals surface area (Å²) in [6, 6.07) is 21.4. The summed E-state index contributed by atoms with van der Waals surface area (Å²) in [7, 11) is 0. The molecular weight excluding hydrogens is 558 g/mol. The van der Waals surface area contributed by atoms with Crippen molar-refractivity contribution in [3.8, 4) is 11.3 Å². The molecule has 9 nitrogen and oxygen atoms in total. The van der Waals surface area contributed by atoms with Crippen LogP contribution in [0.3, 0.4) is 0 Å². The number of fused-ring (bicyclic) bond motifs is 2. The maximum absolute atomic E-state index is 12.7. The molecular formula is C30H29N5O4S2. The Hall–Kier alpha value is -3.93. The van der Waals surface area contributed by atoms with E-state index in [-0.39, 0.29) is 18.1 Å². The lowest BCUT2D eigenvalue weighted by Gasteiger charge is -2.29. The number of nitrogens with one attached hydrogen (secondary N) is 3. The number of benzene rings is 2. The molecule has 1 amide bonds. The van der Waals surface area contributed by atoms with E-state index in [1.54, 1.807) is 29.6 Å². The highest BCUT2D eigenvalue weighted by molar-refractivity contribution is 8.05. The number of aromatic nitrogens is 2. The van der Waals surface area contributed by atoms with E-state index in [2.05, 4.69) is 55.8 Å². The van der Waals surface area contributed by atoms with E-state index in [1.165, 1.54) is 0 Å². The van der Waals surface area contributed by atoms with Crippen molar-refractivity contribution in [2.45, 2.75) is 32.5 Å². The molecule has 4 aromatic rings. The predicted molar refractivity (Wildman–Crippen MR) is 162 cm³/mol. The summed E-state index contributed by atoms with van der Waals surface area (Å²) in [6.07, 6.45) is -1.08. The van der Waals surface area contributed by atoms with Crippen molar-refractivity contribution in [2.75, 3.05) is 43.1 Å². The molecule has 0 radical (unpaired) electrons. The summed E-state index contributed by atoms with van der Waals surface area (Å²) >= 11 is 3.37. The molecule has 2 aromatic heterocycles. The van der Waals surface area contributed by atoms with Crippen LogP contribution in [0.15, 0.2) is 91.1 Å². The molecule has 2 aliphatic heterocycles. The number of hydrogen-bond donors (Lipinski definition) is 4. The van der Waals surface area contributed by atoms with Crippen LogP contribution in [-0.2, 0) is 4.74 Å². The van der Waals surface area contributed by atoms with Gasteiger partial charge < -0.3 is 30.4 Å². The van der Waals surface area contributed by atoms with Gasteiger partial charge >= 0.3 is 6.09 Å². The van der Waals surface area contributed by atoms with E-state index in [0.29, 0.717) is 13.2 Å². The minimum atomic E-state index is -1.08. The first-order chi connectivity index (χ1) is 19.9. The van der Waals surface area contributed by atoms with Gasteiger partial charge in [-0.25, -0.2) is 4.79 Å². The Morgan fingerprint density at radius 1 is 1.05 bits per heavy atom. The molecule has 4 N–H and O–H groups in total. The molecule has 1 atom stereocenters. The highest BCUT2D eigenvalue weighted by Crippen LogP contribution is 2.52. The molecule has 0 aliphatic carbocycles. The molecule has 1 unspecified atom stereocenters. The smallest absolute Gasteiger partial charge is 0.404 e. The van der Waals surface area contributed by atoms with E-state index >= 15 is 0 Å². The molecule has 0 spiro atoms. The summed E-state index contributed by atoms with van der Waals surface area (Å²) in [5.74, 6) is 0. The van der Waals surface area contributed by atoms with Gasteiger partial charge in [-0.05, 0) is 49.4 Å². The zero-order valence-electron chi connectivity index (χ0n) is 22.3. The fraction of sp³-hybridized carbons (Fsp3) is 0.233. The molecule has 2 aromatic carbocycles. The first kappa shape index (κ1) is 27.3. The van der Waals surface area contributed by atoms with Crippen LogP contribution in [0.4, 0.5) is 16.2 Å². The number of rotatable bonds is 7. The monoisotopic (exact) mass is 587 g/mol. The SMILES string of the molecule is Cc1cccc(C(CNC(=O)O)Nc2ccc3c(c2)Sc2cccc(-c4cc(N5CCOCC5)cc(=O)[nH]4)c2S3)n1. The number of anilines is 2. The minimum Gasteiger partial charge on any atom is -0.465 e. The number of H-pyrrole nitrogens is 1. The van der Waals surface area contributed by atoms with Crippen LogP contribution in [-0.4, -0.2) is 54.0 Å². The van der Waals surface area contributed by atoms with Crippen molar-refractivity contribution in [2.24, 2.45) is 0 Å². The van der Waals surface area contributed by atoms with E-state index in [0.717, 1.165) is 66.7 Å². The average molecular weight is 588 g/mol. The lowest BCUT2D eigenvalue weighted by atomic mass is 10.1. The lowest BCUT2D eigenvalue weighted by Crippen LogP contribution is -2.36. The lowest BCUT2D eigenvalue weighted by molar-refractivity contribution is 0.122. The zero-order valence-corrected chi connectivity index (χ0v) is 24.0.